The van der Waals surface area contributed by atoms with Crippen LogP contribution in [0, 0.1) is 24.0 Å². The highest BCUT2D eigenvalue weighted by molar-refractivity contribution is 7.99. The number of nitrogens with zero attached hydrogens (tertiary/aromatic N) is 4. The van der Waals surface area contributed by atoms with E-state index in [1.54, 1.807) is 34.1 Å². The van der Waals surface area contributed by atoms with E-state index < -0.39 is 4.92 Å². The van der Waals surface area contributed by atoms with Crippen molar-refractivity contribution in [3.63, 3.8) is 0 Å². The second-order valence-corrected chi connectivity index (χ2v) is 8.52. The van der Waals surface area contributed by atoms with Crippen molar-refractivity contribution in [2.24, 2.45) is 0 Å². The minimum absolute atomic E-state index is 0.0406. The molecular formula is C23H27N5O5S. The summed E-state index contributed by atoms with van der Waals surface area (Å²) >= 11 is 1.23. The van der Waals surface area contributed by atoms with E-state index in [0.29, 0.717) is 35.2 Å². The number of carbonyl (C=O) groups is 1. The van der Waals surface area contributed by atoms with Crippen molar-refractivity contribution < 1.29 is 19.2 Å². The van der Waals surface area contributed by atoms with Crippen molar-refractivity contribution in [1.29, 1.82) is 0 Å². The molecule has 1 N–H and O–H groups in total. The molecule has 0 fully saturated rings. The molecule has 180 valence electrons. The van der Waals surface area contributed by atoms with Crippen molar-refractivity contribution in [1.82, 2.24) is 14.8 Å². The lowest BCUT2D eigenvalue weighted by Crippen LogP contribution is -2.17. The number of rotatable bonds is 10. The Kier molecular flexibility index (Phi) is 8.11. The Bertz CT molecular complexity index is 1210. The van der Waals surface area contributed by atoms with Gasteiger partial charge < -0.3 is 19.4 Å². The molecule has 34 heavy (non-hydrogen) atoms. The van der Waals surface area contributed by atoms with E-state index >= 15 is 0 Å². The number of methoxy groups -OCH3 is 2. The predicted octanol–water partition coefficient (Wildman–Crippen LogP) is 4.16. The molecule has 1 aromatic heterocycles. The maximum atomic E-state index is 12.6. The van der Waals surface area contributed by atoms with Crippen molar-refractivity contribution in [3.8, 4) is 11.5 Å². The second-order valence-electron chi connectivity index (χ2n) is 7.58. The van der Waals surface area contributed by atoms with Crippen LogP contribution in [0.4, 0.5) is 11.4 Å². The Morgan fingerprint density at radius 3 is 2.53 bits per heavy atom. The van der Waals surface area contributed by atoms with E-state index in [1.807, 2.05) is 29.7 Å². The molecule has 10 nitrogen and oxygen atoms in total. The van der Waals surface area contributed by atoms with E-state index in [2.05, 4.69) is 15.5 Å². The number of aryl methyl sites for hydroxylation is 2. The van der Waals surface area contributed by atoms with Crippen LogP contribution in [-0.2, 0) is 17.8 Å². The van der Waals surface area contributed by atoms with Crippen LogP contribution >= 0.6 is 11.8 Å². The van der Waals surface area contributed by atoms with Gasteiger partial charge in [0.25, 0.3) is 5.69 Å². The van der Waals surface area contributed by atoms with E-state index in [-0.39, 0.29) is 23.0 Å². The molecule has 11 heteroatoms. The summed E-state index contributed by atoms with van der Waals surface area (Å²) < 4.78 is 12.6. The normalized spacial score (nSPS) is 10.7. The number of carbonyl (C=O) groups excluding carboxylic acids is 1. The predicted molar refractivity (Wildman–Crippen MR) is 130 cm³/mol. The number of nitro benzene ring substituents is 1. The Labute approximate surface area is 201 Å². The van der Waals surface area contributed by atoms with Crippen molar-refractivity contribution in [2.45, 2.75) is 38.9 Å². The highest BCUT2D eigenvalue weighted by Gasteiger charge is 2.20. The molecule has 0 atom stereocenters. The molecule has 0 aliphatic rings. The molecule has 0 aliphatic heterocycles. The molecule has 0 saturated heterocycles. The number of amides is 1. The standard InChI is InChI=1S/C23H27N5O5S/c1-6-27-20(12-16-7-8-18(32-4)19(11-16)33-5)25-26-23(27)34-13-21(29)24-22-15(3)9-14(2)10-17(22)28(30)31/h7-11H,6,12-13H2,1-5H3,(H,24,29). The number of thioether (sulfide) groups is 1. The minimum atomic E-state index is -0.489. The Morgan fingerprint density at radius 1 is 1.15 bits per heavy atom. The lowest BCUT2D eigenvalue weighted by atomic mass is 10.1. The van der Waals surface area contributed by atoms with E-state index in [4.69, 9.17) is 9.47 Å². The van der Waals surface area contributed by atoms with Gasteiger partial charge in [0.05, 0.1) is 24.9 Å². The Morgan fingerprint density at radius 2 is 1.88 bits per heavy atom. The van der Waals surface area contributed by atoms with Crippen molar-refractivity contribution in [2.75, 3.05) is 25.3 Å². The summed E-state index contributed by atoms with van der Waals surface area (Å²) in [5.41, 5.74) is 2.47. The zero-order valence-electron chi connectivity index (χ0n) is 19.7. The van der Waals surface area contributed by atoms with Crippen LogP contribution < -0.4 is 14.8 Å². The maximum Gasteiger partial charge on any atom is 0.293 e. The monoisotopic (exact) mass is 485 g/mol. The Balaban J connectivity index is 1.71. The van der Waals surface area contributed by atoms with Crippen molar-refractivity contribution in [3.05, 3.63) is 63.0 Å². The third-order valence-corrected chi connectivity index (χ3v) is 6.14. The third kappa shape index (κ3) is 5.66. The summed E-state index contributed by atoms with van der Waals surface area (Å²) in [5, 5.41) is 23.2. The summed E-state index contributed by atoms with van der Waals surface area (Å²) in [6.45, 7) is 6.11. The lowest BCUT2D eigenvalue weighted by Gasteiger charge is -2.11. The highest BCUT2D eigenvalue weighted by atomic mass is 32.2. The first-order valence-electron chi connectivity index (χ1n) is 10.6. The molecule has 3 aromatic rings. The molecule has 0 unspecified atom stereocenters. The molecular weight excluding hydrogens is 458 g/mol. The fourth-order valence-corrected chi connectivity index (χ4v) is 4.43. The van der Waals surface area contributed by atoms with Gasteiger partial charge in [0, 0.05) is 19.0 Å². The summed E-state index contributed by atoms with van der Waals surface area (Å²) in [5.74, 6) is 1.72. The van der Waals surface area contributed by atoms with E-state index in [9.17, 15) is 14.9 Å². The lowest BCUT2D eigenvalue weighted by molar-refractivity contribution is -0.384. The molecule has 0 bridgehead atoms. The van der Waals surface area contributed by atoms with Gasteiger partial charge in [-0.25, -0.2) is 0 Å². The maximum absolute atomic E-state index is 12.6. The van der Waals surface area contributed by atoms with Gasteiger partial charge in [0.2, 0.25) is 5.91 Å². The van der Waals surface area contributed by atoms with Crippen LogP contribution in [0.2, 0.25) is 0 Å². The number of nitro groups is 1. The number of anilines is 1. The van der Waals surface area contributed by atoms with Gasteiger partial charge in [0.1, 0.15) is 11.5 Å². The number of aromatic nitrogens is 3. The highest BCUT2D eigenvalue weighted by Crippen LogP contribution is 2.31. The number of benzene rings is 2. The van der Waals surface area contributed by atoms with Crippen LogP contribution in [0.1, 0.15) is 29.4 Å². The topological polar surface area (TPSA) is 121 Å². The van der Waals surface area contributed by atoms with Crippen LogP contribution in [0.3, 0.4) is 0 Å². The summed E-state index contributed by atoms with van der Waals surface area (Å²) in [4.78, 5) is 23.5. The number of hydrogen-bond donors (Lipinski definition) is 1. The van der Waals surface area contributed by atoms with Crippen LogP contribution in [0.25, 0.3) is 0 Å². The summed E-state index contributed by atoms with van der Waals surface area (Å²) in [7, 11) is 3.17. The zero-order chi connectivity index (χ0) is 24.8. The van der Waals surface area contributed by atoms with Crippen LogP contribution in [-0.4, -0.2) is 45.6 Å². The molecule has 0 saturated carbocycles. The smallest absolute Gasteiger partial charge is 0.293 e. The Hall–Kier alpha value is -3.60. The van der Waals surface area contributed by atoms with E-state index in [0.717, 1.165) is 17.0 Å². The average Bonchev–Trinajstić information content (AvgIpc) is 3.20. The first-order valence-corrected chi connectivity index (χ1v) is 11.6. The van der Waals surface area contributed by atoms with Gasteiger partial charge in [-0.3, -0.25) is 14.9 Å². The fourth-order valence-electron chi connectivity index (χ4n) is 3.60. The van der Waals surface area contributed by atoms with Crippen molar-refractivity contribution >= 4 is 29.0 Å². The quantitative estimate of drug-likeness (QED) is 0.258. The van der Waals surface area contributed by atoms with Gasteiger partial charge in [-0.1, -0.05) is 23.9 Å². The average molecular weight is 486 g/mol. The van der Waals surface area contributed by atoms with Gasteiger partial charge in [-0.05, 0) is 49.6 Å². The van der Waals surface area contributed by atoms with E-state index in [1.165, 1.54) is 17.8 Å². The van der Waals surface area contributed by atoms with Gasteiger partial charge in [-0.15, -0.1) is 10.2 Å². The van der Waals surface area contributed by atoms with Crippen LogP contribution in [0.15, 0.2) is 35.5 Å². The van der Waals surface area contributed by atoms with Gasteiger partial charge >= 0.3 is 0 Å². The molecule has 1 heterocycles. The fraction of sp³-hybridized carbons (Fsp3) is 0.348. The number of ether oxygens (including phenoxy) is 2. The minimum Gasteiger partial charge on any atom is -0.493 e. The summed E-state index contributed by atoms with van der Waals surface area (Å²) in [6.07, 6.45) is 0.530. The number of nitrogens with one attached hydrogen (secondary N) is 1. The van der Waals surface area contributed by atoms with Gasteiger partial charge in [-0.2, -0.15) is 0 Å². The van der Waals surface area contributed by atoms with Crippen LogP contribution in [0.5, 0.6) is 11.5 Å². The number of hydrogen-bond acceptors (Lipinski definition) is 8. The molecule has 1 amide bonds. The molecule has 0 spiro atoms. The molecule has 3 rings (SSSR count). The summed E-state index contributed by atoms with van der Waals surface area (Å²) in [6, 6.07) is 8.92. The first-order chi connectivity index (χ1) is 16.3. The largest absolute Gasteiger partial charge is 0.493 e. The SMILES string of the molecule is CCn1c(Cc2ccc(OC)c(OC)c2)nnc1SCC(=O)Nc1c(C)cc(C)cc1[N+](=O)[O-]. The molecule has 0 radical (unpaired) electrons. The van der Waals surface area contributed by atoms with Gasteiger partial charge in [0.15, 0.2) is 16.7 Å². The first kappa shape index (κ1) is 25.0. The second kappa shape index (κ2) is 11.0. The molecule has 0 aliphatic carbocycles. The molecule has 2 aromatic carbocycles. The third-order valence-electron chi connectivity index (χ3n) is 5.17. The zero-order valence-corrected chi connectivity index (χ0v) is 20.6.